The molecule has 0 spiro atoms. The Bertz CT molecular complexity index is 697. The molecule has 0 aliphatic heterocycles. The molecule has 1 aromatic rings. The van der Waals surface area contributed by atoms with Crippen molar-refractivity contribution in [2.75, 3.05) is 13.2 Å². The first-order valence-electron chi connectivity index (χ1n) is 8.33. The van der Waals surface area contributed by atoms with Crippen LogP contribution >= 0.6 is 0 Å². The van der Waals surface area contributed by atoms with Crippen LogP contribution in [-0.4, -0.2) is 56.6 Å². The van der Waals surface area contributed by atoms with Gasteiger partial charge in [-0.05, 0) is 32.6 Å². The number of hydroxylamine groups is 1. The van der Waals surface area contributed by atoms with Gasteiger partial charge in [0.1, 0.15) is 17.9 Å². The lowest BCUT2D eigenvalue weighted by Crippen LogP contribution is -2.50. The number of nitrogens with zero attached hydrogens (tertiary/aromatic N) is 3. The van der Waals surface area contributed by atoms with Crippen LogP contribution in [0.1, 0.15) is 34.1 Å². The number of Topliss-reactive ketones (excluding diaryl/α,β-unsaturated/α-hetero) is 2. The van der Waals surface area contributed by atoms with Crippen LogP contribution in [0.4, 0.5) is 5.95 Å². The Kier molecular flexibility index (Phi) is 7.88. The van der Waals surface area contributed by atoms with E-state index in [0.29, 0.717) is 6.54 Å². The van der Waals surface area contributed by atoms with Crippen LogP contribution in [0.3, 0.4) is 0 Å². The topological polar surface area (TPSA) is 145 Å². The summed E-state index contributed by atoms with van der Waals surface area (Å²) in [6, 6.07) is 0. The van der Waals surface area contributed by atoms with Crippen molar-refractivity contribution >= 4 is 23.8 Å². The molecule has 0 amide bonds. The predicted molar refractivity (Wildman–Crippen MR) is 94.8 cm³/mol. The van der Waals surface area contributed by atoms with Crippen molar-refractivity contribution in [1.29, 1.82) is 0 Å². The third-order valence-corrected chi connectivity index (χ3v) is 3.96. The molecule has 0 saturated heterocycles. The van der Waals surface area contributed by atoms with Gasteiger partial charge in [-0.15, -0.1) is 0 Å². The first kappa shape index (κ1) is 22.5. The fourth-order valence-corrected chi connectivity index (χ4v) is 2.12. The Balaban J connectivity index is 2.40. The van der Waals surface area contributed by atoms with Gasteiger partial charge in [-0.25, -0.2) is 4.57 Å². The maximum atomic E-state index is 12.4. The molecule has 1 heterocycles. The van der Waals surface area contributed by atoms with Gasteiger partial charge in [0, 0.05) is 13.0 Å². The first-order chi connectivity index (χ1) is 12.5. The molecule has 0 saturated carbocycles. The van der Waals surface area contributed by atoms with E-state index in [1.165, 1.54) is 30.8 Å². The van der Waals surface area contributed by atoms with Crippen molar-refractivity contribution in [2.24, 2.45) is 0 Å². The van der Waals surface area contributed by atoms with Gasteiger partial charge in [-0.3, -0.25) is 19.2 Å². The Labute approximate surface area is 156 Å². The maximum Gasteiger partial charge on any atom is 0.434 e. The zero-order valence-electron chi connectivity index (χ0n) is 15.9. The lowest BCUT2D eigenvalue weighted by molar-refractivity contribution is -0.396. The zero-order chi connectivity index (χ0) is 20.7. The molecule has 27 heavy (non-hydrogen) atoms. The summed E-state index contributed by atoms with van der Waals surface area (Å²) in [7, 11) is 0. The van der Waals surface area contributed by atoms with Crippen LogP contribution in [0.2, 0.25) is 0 Å². The molecule has 0 aliphatic carbocycles. The summed E-state index contributed by atoms with van der Waals surface area (Å²) in [6.07, 6.45) is 3.08. The van der Waals surface area contributed by atoms with Crippen LogP contribution < -0.4 is 10.8 Å². The predicted octanol–water partition coefficient (Wildman–Crippen LogP) is 0.187. The summed E-state index contributed by atoms with van der Waals surface area (Å²) in [5, 5.41) is 13.9. The fraction of sp³-hybridized carbons (Fsp3) is 0.625. The monoisotopic (exact) mass is 383 g/mol. The lowest BCUT2D eigenvalue weighted by Gasteiger charge is -2.26. The summed E-state index contributed by atoms with van der Waals surface area (Å²) in [5.41, 5.74) is 0.505. The third kappa shape index (κ3) is 6.62. The van der Waals surface area contributed by atoms with Gasteiger partial charge >= 0.3 is 5.95 Å². The van der Waals surface area contributed by atoms with E-state index in [9.17, 15) is 24.5 Å². The van der Waals surface area contributed by atoms with Crippen molar-refractivity contribution in [2.45, 2.75) is 51.7 Å². The minimum atomic E-state index is -1.13. The molecule has 1 aromatic heterocycles. The second-order valence-electron chi connectivity index (χ2n) is 6.96. The Morgan fingerprint density at radius 3 is 2.59 bits per heavy atom. The molecule has 0 atom stereocenters. The van der Waals surface area contributed by atoms with E-state index in [4.69, 9.17) is 4.84 Å². The second-order valence-corrected chi connectivity index (χ2v) is 6.96. The number of nitrogens with one attached hydrogen (secondary N) is 2. The van der Waals surface area contributed by atoms with Crippen molar-refractivity contribution in [3.8, 4) is 0 Å². The number of hydrogen-bond acceptors (Lipinski definition) is 9. The number of aryl methyl sites for hydroxylation is 1. The second kappa shape index (κ2) is 9.44. The van der Waals surface area contributed by atoms with Crippen molar-refractivity contribution in [1.82, 2.24) is 20.3 Å². The number of carbonyl (C=O) groups is 3. The molecule has 2 N–H and O–H groups in total. The molecule has 0 aromatic carbocycles. The summed E-state index contributed by atoms with van der Waals surface area (Å²) < 4.78 is 1.31. The number of nitro groups is 1. The zero-order valence-corrected chi connectivity index (χ0v) is 15.9. The van der Waals surface area contributed by atoms with Crippen molar-refractivity contribution in [3.63, 3.8) is 0 Å². The van der Waals surface area contributed by atoms with Crippen molar-refractivity contribution in [3.05, 3.63) is 22.5 Å². The number of imidazole rings is 1. The van der Waals surface area contributed by atoms with Gasteiger partial charge in [-0.1, -0.05) is 4.98 Å². The van der Waals surface area contributed by atoms with Crippen molar-refractivity contribution < 1.29 is 24.1 Å². The maximum absolute atomic E-state index is 12.4. The standard InChI is InChI=1S/C16H25N5O6/c1-15(2,18-7-10-27-19-16(3,4)13(24)11-22)12(23)5-8-20-9-6-17-14(20)21(25)26/h6,9,11,18-19H,5,7-8,10H2,1-4H3. The molecule has 0 unspecified atom stereocenters. The van der Waals surface area contributed by atoms with Crippen LogP contribution in [-0.2, 0) is 25.8 Å². The van der Waals surface area contributed by atoms with Gasteiger partial charge in [0.05, 0.1) is 18.7 Å². The minimum absolute atomic E-state index is 0.0944. The smallest absolute Gasteiger partial charge is 0.390 e. The minimum Gasteiger partial charge on any atom is -0.390 e. The normalized spacial score (nSPS) is 12.0. The van der Waals surface area contributed by atoms with E-state index in [0.717, 1.165) is 0 Å². The highest BCUT2D eigenvalue weighted by atomic mass is 16.6. The van der Waals surface area contributed by atoms with Crippen LogP contribution in [0.5, 0.6) is 0 Å². The summed E-state index contributed by atoms with van der Waals surface area (Å²) >= 11 is 0. The number of rotatable bonds is 13. The molecular formula is C16H25N5O6. The molecular weight excluding hydrogens is 358 g/mol. The molecule has 0 bridgehead atoms. The fourth-order valence-electron chi connectivity index (χ4n) is 2.12. The van der Waals surface area contributed by atoms with E-state index >= 15 is 0 Å². The van der Waals surface area contributed by atoms with E-state index < -0.39 is 21.8 Å². The van der Waals surface area contributed by atoms with E-state index in [-0.39, 0.29) is 37.6 Å². The highest BCUT2D eigenvalue weighted by Gasteiger charge is 2.28. The number of hydrogen-bond donors (Lipinski definition) is 2. The van der Waals surface area contributed by atoms with E-state index in [1.54, 1.807) is 13.8 Å². The summed E-state index contributed by atoms with van der Waals surface area (Å²) in [5.74, 6) is -1.07. The number of carbonyl (C=O) groups excluding carboxylic acids is 3. The van der Waals surface area contributed by atoms with Gasteiger partial charge in [0.25, 0.3) is 0 Å². The molecule has 11 heteroatoms. The van der Waals surface area contributed by atoms with E-state index in [2.05, 4.69) is 15.8 Å². The van der Waals surface area contributed by atoms with E-state index in [1.807, 2.05) is 0 Å². The molecule has 0 aliphatic rings. The quantitative estimate of drug-likeness (QED) is 0.160. The molecule has 1 rings (SSSR count). The van der Waals surface area contributed by atoms with Gasteiger partial charge < -0.3 is 15.4 Å². The van der Waals surface area contributed by atoms with Gasteiger partial charge in [0.15, 0.2) is 12.1 Å². The Morgan fingerprint density at radius 2 is 2.00 bits per heavy atom. The number of ketones is 2. The first-order valence-corrected chi connectivity index (χ1v) is 8.33. The number of aromatic nitrogens is 2. The third-order valence-electron chi connectivity index (χ3n) is 3.96. The summed E-state index contributed by atoms with van der Waals surface area (Å²) in [4.78, 5) is 53.3. The highest BCUT2D eigenvalue weighted by Crippen LogP contribution is 2.12. The van der Waals surface area contributed by atoms with Crippen LogP contribution in [0.25, 0.3) is 0 Å². The SMILES string of the molecule is CC(C)(NOCCNC(C)(C)C(=O)CCn1ccnc1[N+](=O)[O-])C(=O)C=O. The molecule has 150 valence electrons. The highest BCUT2D eigenvalue weighted by molar-refractivity contribution is 6.28. The molecule has 0 radical (unpaired) electrons. The largest absolute Gasteiger partial charge is 0.434 e. The average Bonchev–Trinajstić information content (AvgIpc) is 3.07. The van der Waals surface area contributed by atoms with Gasteiger partial charge in [-0.2, -0.15) is 5.48 Å². The van der Waals surface area contributed by atoms with Crippen LogP contribution in [0.15, 0.2) is 12.4 Å². The molecule has 0 fully saturated rings. The average molecular weight is 383 g/mol. The molecule has 11 nitrogen and oxygen atoms in total. The van der Waals surface area contributed by atoms with Crippen LogP contribution in [0, 0.1) is 10.1 Å². The summed E-state index contributed by atoms with van der Waals surface area (Å²) in [6.45, 7) is 7.04. The Morgan fingerprint density at radius 1 is 1.33 bits per heavy atom. The lowest BCUT2D eigenvalue weighted by atomic mass is 9.96. The number of aldehydes is 1. The van der Waals surface area contributed by atoms with Gasteiger partial charge in [0.2, 0.25) is 5.78 Å². The Hall–Kier alpha value is -2.50.